The molecule has 1 heterocycles. The number of carbonyl (C=O) groups is 1. The molecule has 1 fully saturated rings. The molecule has 1 aliphatic rings. The van der Waals surface area contributed by atoms with Crippen molar-refractivity contribution in [3.8, 4) is 0 Å². The summed E-state index contributed by atoms with van der Waals surface area (Å²) in [5.74, 6) is -0.0919. The van der Waals surface area contributed by atoms with Crippen molar-refractivity contribution in [1.29, 1.82) is 0 Å². The van der Waals surface area contributed by atoms with Gasteiger partial charge in [0, 0.05) is 42.4 Å². The van der Waals surface area contributed by atoms with Crippen molar-refractivity contribution in [2.45, 2.75) is 11.1 Å². The Hall–Kier alpha value is -2.19. The fourth-order valence-corrected chi connectivity index (χ4v) is 3.61. The second-order valence-corrected chi connectivity index (χ2v) is 7.47. The molecule has 28 heavy (non-hydrogen) atoms. The third-order valence-electron chi connectivity index (χ3n) is 4.63. The maximum absolute atomic E-state index is 12.9. The van der Waals surface area contributed by atoms with Gasteiger partial charge in [-0.1, -0.05) is 12.1 Å². The van der Waals surface area contributed by atoms with E-state index in [9.17, 15) is 18.0 Å². The van der Waals surface area contributed by atoms with E-state index in [1.54, 1.807) is 17.8 Å². The molecule has 2 aromatic rings. The number of nitrogens with zero attached hydrogens (tertiary/aromatic N) is 2. The number of carbonyl (C=O) groups excluding carboxylic acids is 1. The maximum atomic E-state index is 12.9. The smallest absolute Gasteiger partial charge is 0.369 e. The van der Waals surface area contributed by atoms with Crippen LogP contribution in [0.15, 0.2) is 53.4 Å². The monoisotopic (exact) mass is 409 g/mol. The summed E-state index contributed by atoms with van der Waals surface area (Å²) in [6, 6.07) is 13.0. The van der Waals surface area contributed by atoms with Crippen LogP contribution in [0.5, 0.6) is 0 Å². The van der Waals surface area contributed by atoms with Gasteiger partial charge in [-0.3, -0.25) is 9.69 Å². The lowest BCUT2D eigenvalue weighted by molar-refractivity contribution is -0.137. The van der Waals surface area contributed by atoms with Gasteiger partial charge in [-0.2, -0.15) is 13.2 Å². The Morgan fingerprint density at radius 1 is 1.07 bits per heavy atom. The molecule has 4 nitrogen and oxygen atoms in total. The fourth-order valence-electron chi connectivity index (χ4n) is 3.15. The summed E-state index contributed by atoms with van der Waals surface area (Å²) in [5.41, 5.74) is 0.687. The SMILES string of the molecule is CSc1cccc(NC(=O)CN2CCN(c3cccc(C(F)(F)F)c3)CC2)c1. The van der Waals surface area contributed by atoms with Gasteiger partial charge in [-0.25, -0.2) is 0 Å². The number of benzene rings is 2. The fraction of sp³-hybridized carbons (Fsp3) is 0.350. The van der Waals surface area contributed by atoms with E-state index < -0.39 is 11.7 Å². The van der Waals surface area contributed by atoms with Crippen molar-refractivity contribution >= 4 is 29.0 Å². The van der Waals surface area contributed by atoms with Gasteiger partial charge < -0.3 is 10.2 Å². The van der Waals surface area contributed by atoms with Crippen molar-refractivity contribution in [3.63, 3.8) is 0 Å². The molecular weight excluding hydrogens is 387 g/mol. The molecular formula is C20H22F3N3OS. The average Bonchev–Trinajstić information content (AvgIpc) is 2.68. The molecule has 2 aromatic carbocycles. The number of piperazine rings is 1. The lowest BCUT2D eigenvalue weighted by atomic mass is 10.1. The van der Waals surface area contributed by atoms with Gasteiger partial charge in [0.25, 0.3) is 0 Å². The molecule has 0 radical (unpaired) electrons. The van der Waals surface area contributed by atoms with Crippen molar-refractivity contribution in [3.05, 3.63) is 54.1 Å². The largest absolute Gasteiger partial charge is 0.416 e. The van der Waals surface area contributed by atoms with Crippen LogP contribution in [-0.4, -0.2) is 49.8 Å². The molecule has 3 rings (SSSR count). The molecule has 0 unspecified atom stereocenters. The number of rotatable bonds is 5. The van der Waals surface area contributed by atoms with Crippen LogP contribution >= 0.6 is 11.8 Å². The number of alkyl halides is 3. The van der Waals surface area contributed by atoms with Gasteiger partial charge in [0.05, 0.1) is 12.1 Å². The van der Waals surface area contributed by atoms with Crippen LogP contribution in [0.1, 0.15) is 5.56 Å². The van der Waals surface area contributed by atoms with E-state index in [-0.39, 0.29) is 12.5 Å². The Kier molecular flexibility index (Phi) is 6.51. The van der Waals surface area contributed by atoms with Crippen molar-refractivity contribution in [2.24, 2.45) is 0 Å². The van der Waals surface area contributed by atoms with E-state index in [1.807, 2.05) is 40.3 Å². The van der Waals surface area contributed by atoms with Crippen LogP contribution in [0.2, 0.25) is 0 Å². The van der Waals surface area contributed by atoms with Crippen molar-refractivity contribution in [2.75, 3.05) is 49.2 Å². The van der Waals surface area contributed by atoms with Gasteiger partial charge in [0.15, 0.2) is 0 Å². The quantitative estimate of drug-likeness (QED) is 0.752. The van der Waals surface area contributed by atoms with Crippen LogP contribution in [0.4, 0.5) is 24.5 Å². The standard InChI is InChI=1S/C20H22F3N3OS/c1-28-18-7-3-5-16(13-18)24-19(27)14-25-8-10-26(11-9-25)17-6-2-4-15(12-17)20(21,22)23/h2-7,12-13H,8-11,14H2,1H3,(H,24,27). The Labute approximate surface area is 166 Å². The van der Waals surface area contributed by atoms with Crippen LogP contribution < -0.4 is 10.2 Å². The summed E-state index contributed by atoms with van der Waals surface area (Å²) in [4.78, 5) is 17.3. The number of halogens is 3. The minimum Gasteiger partial charge on any atom is -0.369 e. The van der Waals surface area contributed by atoms with E-state index in [2.05, 4.69) is 5.32 Å². The van der Waals surface area contributed by atoms with Crippen LogP contribution in [0.3, 0.4) is 0 Å². The van der Waals surface area contributed by atoms with E-state index in [1.165, 1.54) is 12.1 Å². The molecule has 1 amide bonds. The normalized spacial score (nSPS) is 15.5. The number of hydrogen-bond donors (Lipinski definition) is 1. The molecule has 1 N–H and O–H groups in total. The summed E-state index contributed by atoms with van der Waals surface area (Å²) >= 11 is 1.61. The predicted octanol–water partition coefficient (Wildman–Crippen LogP) is 4.19. The van der Waals surface area contributed by atoms with Gasteiger partial charge in [-0.15, -0.1) is 11.8 Å². The molecule has 0 spiro atoms. The first kappa shape index (κ1) is 20.5. The Bertz CT molecular complexity index is 820. The number of hydrogen-bond acceptors (Lipinski definition) is 4. The summed E-state index contributed by atoms with van der Waals surface area (Å²) in [7, 11) is 0. The van der Waals surface area contributed by atoms with Crippen molar-refractivity contribution in [1.82, 2.24) is 4.90 Å². The Balaban J connectivity index is 1.52. The molecule has 1 saturated heterocycles. The zero-order valence-electron chi connectivity index (χ0n) is 15.5. The van der Waals surface area contributed by atoms with Gasteiger partial charge >= 0.3 is 6.18 Å². The zero-order valence-corrected chi connectivity index (χ0v) is 16.3. The van der Waals surface area contributed by atoms with Gasteiger partial charge in [0.2, 0.25) is 5.91 Å². The number of thioether (sulfide) groups is 1. The third-order valence-corrected chi connectivity index (χ3v) is 5.36. The summed E-state index contributed by atoms with van der Waals surface area (Å²) in [6.07, 6.45) is -2.37. The topological polar surface area (TPSA) is 35.6 Å². The number of amides is 1. The molecule has 1 aliphatic heterocycles. The molecule has 8 heteroatoms. The lowest BCUT2D eigenvalue weighted by Gasteiger charge is -2.36. The highest BCUT2D eigenvalue weighted by molar-refractivity contribution is 7.98. The first-order valence-electron chi connectivity index (χ1n) is 8.93. The predicted molar refractivity (Wildman–Crippen MR) is 107 cm³/mol. The Morgan fingerprint density at radius 2 is 1.79 bits per heavy atom. The van der Waals surface area contributed by atoms with Crippen LogP contribution in [0, 0.1) is 0 Å². The second kappa shape index (κ2) is 8.87. The first-order valence-corrected chi connectivity index (χ1v) is 10.2. The second-order valence-electron chi connectivity index (χ2n) is 6.59. The maximum Gasteiger partial charge on any atom is 0.416 e. The van der Waals surface area contributed by atoms with E-state index in [0.717, 1.165) is 16.6 Å². The minimum atomic E-state index is -4.34. The van der Waals surface area contributed by atoms with E-state index >= 15 is 0 Å². The van der Waals surface area contributed by atoms with Gasteiger partial charge in [0.1, 0.15) is 0 Å². The first-order chi connectivity index (χ1) is 13.3. The van der Waals surface area contributed by atoms with E-state index in [0.29, 0.717) is 31.9 Å². The molecule has 150 valence electrons. The van der Waals surface area contributed by atoms with E-state index in [4.69, 9.17) is 0 Å². The minimum absolute atomic E-state index is 0.0919. The number of anilines is 2. The third kappa shape index (κ3) is 5.42. The number of nitrogens with one attached hydrogen (secondary N) is 1. The highest BCUT2D eigenvalue weighted by Crippen LogP contribution is 2.31. The van der Waals surface area contributed by atoms with Gasteiger partial charge in [-0.05, 0) is 42.7 Å². The molecule has 0 saturated carbocycles. The highest BCUT2D eigenvalue weighted by atomic mass is 32.2. The summed E-state index contributed by atoms with van der Waals surface area (Å²) in [5, 5.41) is 2.90. The summed E-state index contributed by atoms with van der Waals surface area (Å²) in [6.45, 7) is 2.66. The molecule has 0 aromatic heterocycles. The average molecular weight is 409 g/mol. The summed E-state index contributed by atoms with van der Waals surface area (Å²) < 4.78 is 38.7. The van der Waals surface area contributed by atoms with Crippen LogP contribution in [0.25, 0.3) is 0 Å². The zero-order chi connectivity index (χ0) is 20.1. The molecule has 0 aliphatic carbocycles. The Morgan fingerprint density at radius 3 is 2.46 bits per heavy atom. The highest BCUT2D eigenvalue weighted by Gasteiger charge is 2.31. The molecule has 0 bridgehead atoms. The van der Waals surface area contributed by atoms with Crippen molar-refractivity contribution < 1.29 is 18.0 Å². The van der Waals surface area contributed by atoms with Crippen LogP contribution in [-0.2, 0) is 11.0 Å². The lowest BCUT2D eigenvalue weighted by Crippen LogP contribution is -2.48. The molecule has 0 atom stereocenters.